The van der Waals surface area contributed by atoms with Gasteiger partial charge in [0.2, 0.25) is 0 Å². The molecule has 98 valence electrons. The Bertz CT molecular complexity index is 318. The summed E-state index contributed by atoms with van der Waals surface area (Å²) in [6, 6.07) is 0. The zero-order chi connectivity index (χ0) is 12.3. The van der Waals surface area contributed by atoms with Gasteiger partial charge in [0.15, 0.2) is 11.6 Å². The van der Waals surface area contributed by atoms with Crippen molar-refractivity contribution in [1.82, 2.24) is 0 Å². The van der Waals surface area contributed by atoms with Crippen LogP contribution in [0, 0.1) is 0 Å². The maximum atomic E-state index is 5.99. The van der Waals surface area contributed by atoms with E-state index >= 15 is 0 Å². The fraction of sp³-hybridized carbons (Fsp3) is 1.00. The summed E-state index contributed by atoms with van der Waals surface area (Å²) in [5.74, 6) is 0.0703. The summed E-state index contributed by atoms with van der Waals surface area (Å²) in [6.45, 7) is 8.52. The van der Waals surface area contributed by atoms with Crippen LogP contribution < -0.4 is 0 Å². The van der Waals surface area contributed by atoms with Gasteiger partial charge in [-0.1, -0.05) is 0 Å². The highest BCUT2D eigenvalue weighted by Gasteiger charge is 2.54. The lowest BCUT2D eigenvalue weighted by atomic mass is 10.1. The van der Waals surface area contributed by atoms with Crippen LogP contribution in [0.3, 0.4) is 0 Å². The highest BCUT2D eigenvalue weighted by Crippen LogP contribution is 2.44. The van der Waals surface area contributed by atoms with Crippen LogP contribution in [0.15, 0.2) is 0 Å². The molecule has 0 saturated carbocycles. The molecule has 0 bridgehead atoms. The molecule has 3 fully saturated rings. The monoisotopic (exact) mass is 260 g/mol. The van der Waals surface area contributed by atoms with Crippen LogP contribution in [0.25, 0.3) is 0 Å². The van der Waals surface area contributed by atoms with Crippen molar-refractivity contribution in [3.8, 4) is 0 Å². The van der Waals surface area contributed by atoms with Gasteiger partial charge in [-0.25, -0.2) is 0 Å². The number of rotatable bonds is 1. The van der Waals surface area contributed by atoms with Gasteiger partial charge < -0.3 is 18.9 Å². The molecule has 4 atom stereocenters. The molecule has 4 nitrogen and oxygen atoms in total. The third kappa shape index (κ3) is 2.24. The lowest BCUT2D eigenvalue weighted by Crippen LogP contribution is -2.38. The van der Waals surface area contributed by atoms with Crippen LogP contribution in [0.5, 0.6) is 0 Å². The molecule has 0 N–H and O–H groups in total. The second-order valence-corrected chi connectivity index (χ2v) is 7.01. The van der Waals surface area contributed by atoms with Crippen molar-refractivity contribution in [3.63, 3.8) is 0 Å². The first-order valence-corrected chi connectivity index (χ1v) is 7.20. The summed E-state index contributed by atoms with van der Waals surface area (Å²) in [4.78, 5) is 0. The van der Waals surface area contributed by atoms with Crippen molar-refractivity contribution in [1.29, 1.82) is 0 Å². The van der Waals surface area contributed by atoms with Crippen LogP contribution in [0.4, 0.5) is 0 Å². The van der Waals surface area contributed by atoms with Gasteiger partial charge in [-0.3, -0.25) is 0 Å². The lowest BCUT2D eigenvalue weighted by molar-refractivity contribution is -0.154. The summed E-state index contributed by atoms with van der Waals surface area (Å²) in [6.07, 6.45) is 0.451. The minimum Gasteiger partial charge on any atom is -0.348 e. The predicted molar refractivity (Wildman–Crippen MR) is 65.0 cm³/mol. The van der Waals surface area contributed by atoms with Gasteiger partial charge in [0.1, 0.15) is 6.10 Å². The van der Waals surface area contributed by atoms with Gasteiger partial charge in [-0.05, 0) is 27.7 Å². The molecule has 0 radical (unpaired) electrons. The molecule has 3 heterocycles. The van der Waals surface area contributed by atoms with Gasteiger partial charge in [0, 0.05) is 5.75 Å². The van der Waals surface area contributed by atoms with E-state index < -0.39 is 11.6 Å². The van der Waals surface area contributed by atoms with E-state index in [1.54, 1.807) is 0 Å². The van der Waals surface area contributed by atoms with Crippen molar-refractivity contribution in [2.75, 3.05) is 12.4 Å². The fourth-order valence-corrected chi connectivity index (χ4v) is 4.21. The van der Waals surface area contributed by atoms with E-state index in [1.165, 1.54) is 0 Å². The number of hydrogen-bond donors (Lipinski definition) is 0. The Morgan fingerprint density at radius 1 is 0.941 bits per heavy atom. The standard InChI is InChI=1S/C12H20O4S/c1-11(2)13-5-7(14-11)10-9-8(6-17-10)15-12(3,4)16-9/h7-10H,5-6H2,1-4H3/t7-,8-,9-,10?/m0/s1. The van der Waals surface area contributed by atoms with E-state index in [9.17, 15) is 0 Å². The Hall–Kier alpha value is 0.190. The van der Waals surface area contributed by atoms with E-state index in [0.717, 1.165) is 5.75 Å². The van der Waals surface area contributed by atoms with E-state index in [0.29, 0.717) is 11.9 Å². The van der Waals surface area contributed by atoms with E-state index in [1.807, 2.05) is 39.5 Å². The minimum absolute atomic E-state index is 0.113. The summed E-state index contributed by atoms with van der Waals surface area (Å²) < 4.78 is 23.4. The van der Waals surface area contributed by atoms with E-state index in [-0.39, 0.29) is 18.3 Å². The number of fused-ring (bicyclic) bond motifs is 1. The molecule has 0 amide bonds. The molecule has 5 heteroatoms. The molecule has 3 rings (SSSR count). The molecule has 0 aromatic rings. The Labute approximate surface area is 106 Å². The Morgan fingerprint density at radius 3 is 2.29 bits per heavy atom. The maximum absolute atomic E-state index is 5.99. The van der Waals surface area contributed by atoms with E-state index in [2.05, 4.69) is 0 Å². The first-order chi connectivity index (χ1) is 7.86. The second-order valence-electron chi connectivity index (χ2n) is 5.80. The number of thioether (sulfide) groups is 1. The quantitative estimate of drug-likeness (QED) is 0.718. The maximum Gasteiger partial charge on any atom is 0.163 e. The van der Waals surface area contributed by atoms with Crippen molar-refractivity contribution in [2.24, 2.45) is 0 Å². The molecule has 3 aliphatic heterocycles. The Morgan fingerprint density at radius 2 is 1.65 bits per heavy atom. The Balaban J connectivity index is 1.70. The molecular weight excluding hydrogens is 240 g/mol. The summed E-state index contributed by atoms with van der Waals surface area (Å²) >= 11 is 1.88. The molecule has 0 spiro atoms. The topological polar surface area (TPSA) is 36.9 Å². The molecule has 3 aliphatic rings. The van der Waals surface area contributed by atoms with Crippen LogP contribution in [0.2, 0.25) is 0 Å². The van der Waals surface area contributed by atoms with Crippen molar-refractivity contribution in [3.05, 3.63) is 0 Å². The van der Waals surface area contributed by atoms with Crippen LogP contribution in [0.1, 0.15) is 27.7 Å². The first kappa shape index (κ1) is 12.2. The summed E-state index contributed by atoms with van der Waals surface area (Å²) in [5.41, 5.74) is 0. The minimum atomic E-state index is -0.460. The van der Waals surface area contributed by atoms with Crippen LogP contribution >= 0.6 is 11.8 Å². The smallest absolute Gasteiger partial charge is 0.163 e. The Kier molecular flexibility index (Phi) is 2.76. The SMILES string of the molecule is CC1(C)OC[C@@H](C2SC[C@@H]3OC(C)(C)O[C@H]23)O1. The van der Waals surface area contributed by atoms with Gasteiger partial charge in [0.25, 0.3) is 0 Å². The third-order valence-corrected chi connectivity index (χ3v) is 4.87. The van der Waals surface area contributed by atoms with E-state index in [4.69, 9.17) is 18.9 Å². The summed E-state index contributed by atoms with van der Waals surface area (Å²) in [5, 5.41) is 0.323. The molecular formula is C12H20O4S. The van der Waals surface area contributed by atoms with Crippen molar-refractivity contribution >= 4 is 11.8 Å². The number of ether oxygens (including phenoxy) is 4. The van der Waals surface area contributed by atoms with Crippen molar-refractivity contribution < 1.29 is 18.9 Å². The average molecular weight is 260 g/mol. The van der Waals surface area contributed by atoms with Crippen LogP contribution in [-0.4, -0.2) is 47.5 Å². The largest absolute Gasteiger partial charge is 0.348 e. The van der Waals surface area contributed by atoms with Crippen LogP contribution in [-0.2, 0) is 18.9 Å². The molecule has 17 heavy (non-hydrogen) atoms. The van der Waals surface area contributed by atoms with Gasteiger partial charge in [0.05, 0.1) is 24.1 Å². The zero-order valence-corrected chi connectivity index (χ0v) is 11.6. The molecule has 0 aromatic heterocycles. The highest BCUT2D eigenvalue weighted by atomic mass is 32.2. The second kappa shape index (κ2) is 3.84. The predicted octanol–water partition coefficient (Wildman–Crippen LogP) is 1.77. The average Bonchev–Trinajstić information content (AvgIpc) is 2.77. The molecule has 0 aliphatic carbocycles. The highest BCUT2D eigenvalue weighted by molar-refractivity contribution is 8.00. The van der Waals surface area contributed by atoms with Crippen molar-refractivity contribution in [2.45, 2.75) is 62.8 Å². The zero-order valence-electron chi connectivity index (χ0n) is 10.8. The van der Waals surface area contributed by atoms with Gasteiger partial charge in [-0.15, -0.1) is 0 Å². The van der Waals surface area contributed by atoms with Gasteiger partial charge >= 0.3 is 0 Å². The summed E-state index contributed by atoms with van der Waals surface area (Å²) in [7, 11) is 0. The van der Waals surface area contributed by atoms with Gasteiger partial charge in [-0.2, -0.15) is 11.8 Å². The molecule has 1 unspecified atom stereocenters. The molecule has 0 aromatic carbocycles. The molecule has 3 saturated heterocycles. The fourth-order valence-electron chi connectivity index (χ4n) is 2.77. The third-order valence-electron chi connectivity index (χ3n) is 3.40. The lowest BCUT2D eigenvalue weighted by Gasteiger charge is -2.25. The normalized spacial score (nSPS) is 47.3. The number of hydrogen-bond acceptors (Lipinski definition) is 5. The first-order valence-electron chi connectivity index (χ1n) is 6.15.